The average molecular weight is 530 g/mol. The zero-order valence-corrected chi connectivity index (χ0v) is 19.9. The average Bonchev–Trinajstić information content (AvgIpc) is 3.11. The molecule has 1 fully saturated rings. The molecule has 3 atom stereocenters. The third-order valence-electron chi connectivity index (χ3n) is 4.37. The molecule has 1 aliphatic heterocycles. The first-order chi connectivity index (χ1) is 15.6. The lowest BCUT2D eigenvalue weighted by Crippen LogP contribution is -2.46. The first-order valence-corrected chi connectivity index (χ1v) is 10.7. The van der Waals surface area contributed by atoms with Gasteiger partial charge < -0.3 is 23.7 Å². The molecule has 0 aromatic heterocycles. The molecule has 11 nitrogen and oxygen atoms in total. The summed E-state index contributed by atoms with van der Waals surface area (Å²) in [6.07, 6.45) is -4.40. The SMILES string of the molecule is CC(=O)OCC[C@H](OC(C)=O)[C@@H](OC(C)=O)[C@H]1CN(C(=O)COc2ccc(Br)cc2)C(=O)O1. The molecular formula is C21H24BrNO10. The standard InChI is InChI=1S/C21H24BrNO10/c1-12(24)29-9-8-17(31-13(2)25)20(32-14(3)26)18-10-23(21(28)33-18)19(27)11-30-16-6-4-15(22)5-7-16/h4-7,17-18,20H,8-11H2,1-3H3/t17-,18+,20+/m0/s1. The minimum Gasteiger partial charge on any atom is -0.484 e. The minimum atomic E-state index is -1.23. The molecule has 0 bridgehead atoms. The fraction of sp³-hybridized carbons (Fsp3) is 0.476. The van der Waals surface area contributed by atoms with Crippen LogP contribution < -0.4 is 4.74 Å². The molecular weight excluding hydrogens is 506 g/mol. The van der Waals surface area contributed by atoms with Gasteiger partial charge >= 0.3 is 24.0 Å². The lowest BCUT2D eigenvalue weighted by atomic mass is 10.0. The summed E-state index contributed by atoms with van der Waals surface area (Å²) in [6, 6.07) is 6.75. The number of carbonyl (C=O) groups excluding carboxylic acids is 5. The number of amides is 2. The molecule has 0 aliphatic carbocycles. The summed E-state index contributed by atoms with van der Waals surface area (Å²) in [6.45, 7) is 2.68. The van der Waals surface area contributed by atoms with Crippen molar-refractivity contribution in [3.05, 3.63) is 28.7 Å². The van der Waals surface area contributed by atoms with Crippen LogP contribution in [0.25, 0.3) is 0 Å². The molecule has 0 radical (unpaired) electrons. The van der Waals surface area contributed by atoms with E-state index < -0.39 is 54.8 Å². The second-order valence-corrected chi connectivity index (χ2v) is 7.94. The van der Waals surface area contributed by atoms with Gasteiger partial charge in [0, 0.05) is 31.7 Å². The molecule has 12 heteroatoms. The van der Waals surface area contributed by atoms with Crippen molar-refractivity contribution in [3.63, 3.8) is 0 Å². The predicted molar refractivity (Wildman–Crippen MR) is 114 cm³/mol. The second kappa shape index (κ2) is 12.2. The third-order valence-corrected chi connectivity index (χ3v) is 4.90. The molecule has 0 spiro atoms. The Morgan fingerprint density at radius 3 is 2.27 bits per heavy atom. The molecule has 33 heavy (non-hydrogen) atoms. The largest absolute Gasteiger partial charge is 0.484 e. The number of cyclic esters (lactones) is 1. The van der Waals surface area contributed by atoms with E-state index in [2.05, 4.69) is 15.9 Å². The Bertz CT molecular complexity index is 888. The summed E-state index contributed by atoms with van der Waals surface area (Å²) in [7, 11) is 0. The van der Waals surface area contributed by atoms with E-state index in [0.29, 0.717) is 5.75 Å². The Balaban J connectivity index is 2.08. The monoisotopic (exact) mass is 529 g/mol. The fourth-order valence-electron chi connectivity index (χ4n) is 3.02. The summed E-state index contributed by atoms with van der Waals surface area (Å²) < 4.78 is 26.8. The highest BCUT2D eigenvalue weighted by molar-refractivity contribution is 9.10. The lowest BCUT2D eigenvalue weighted by molar-refractivity contribution is -0.175. The molecule has 2 rings (SSSR count). The fourth-order valence-corrected chi connectivity index (χ4v) is 3.28. The Morgan fingerprint density at radius 2 is 1.70 bits per heavy atom. The summed E-state index contributed by atoms with van der Waals surface area (Å²) >= 11 is 3.29. The second-order valence-electron chi connectivity index (χ2n) is 7.02. The van der Waals surface area contributed by atoms with E-state index in [1.807, 2.05) is 0 Å². The Morgan fingerprint density at radius 1 is 1.06 bits per heavy atom. The molecule has 0 N–H and O–H groups in total. The maximum atomic E-state index is 12.5. The van der Waals surface area contributed by atoms with Crippen molar-refractivity contribution in [2.24, 2.45) is 0 Å². The maximum Gasteiger partial charge on any atom is 0.417 e. The molecule has 1 aromatic carbocycles. The van der Waals surface area contributed by atoms with E-state index in [1.165, 1.54) is 6.92 Å². The van der Waals surface area contributed by atoms with Crippen molar-refractivity contribution in [1.82, 2.24) is 4.90 Å². The lowest BCUT2D eigenvalue weighted by Gasteiger charge is -2.29. The zero-order valence-electron chi connectivity index (χ0n) is 18.3. The van der Waals surface area contributed by atoms with E-state index in [1.54, 1.807) is 24.3 Å². The van der Waals surface area contributed by atoms with Crippen LogP contribution in [0.1, 0.15) is 27.2 Å². The third kappa shape index (κ3) is 8.37. The topological polar surface area (TPSA) is 135 Å². The van der Waals surface area contributed by atoms with Gasteiger partial charge in [-0.05, 0) is 24.3 Å². The number of halogens is 1. The van der Waals surface area contributed by atoms with Crippen molar-refractivity contribution in [2.45, 2.75) is 45.5 Å². The van der Waals surface area contributed by atoms with E-state index in [9.17, 15) is 24.0 Å². The number of carbonyl (C=O) groups is 5. The van der Waals surface area contributed by atoms with Crippen molar-refractivity contribution >= 4 is 45.8 Å². The number of nitrogens with zero attached hydrogens (tertiary/aromatic N) is 1. The van der Waals surface area contributed by atoms with Crippen LogP contribution >= 0.6 is 15.9 Å². The molecule has 2 amide bonds. The highest BCUT2D eigenvalue weighted by atomic mass is 79.9. The van der Waals surface area contributed by atoms with Crippen LogP contribution in [-0.4, -0.2) is 72.9 Å². The first-order valence-electron chi connectivity index (χ1n) is 9.94. The van der Waals surface area contributed by atoms with Crippen LogP contribution in [0, 0.1) is 0 Å². The van der Waals surface area contributed by atoms with Crippen molar-refractivity contribution in [2.75, 3.05) is 19.8 Å². The van der Waals surface area contributed by atoms with Crippen LogP contribution in [-0.2, 0) is 38.1 Å². The molecule has 0 unspecified atom stereocenters. The Labute approximate surface area is 198 Å². The molecule has 1 aromatic rings. The number of hydrogen-bond donors (Lipinski definition) is 0. The minimum absolute atomic E-state index is 0.0220. The van der Waals surface area contributed by atoms with Gasteiger partial charge in [0.05, 0.1) is 13.2 Å². The number of rotatable bonds is 10. The highest BCUT2D eigenvalue weighted by Gasteiger charge is 2.45. The van der Waals surface area contributed by atoms with Gasteiger partial charge in [0.1, 0.15) is 11.9 Å². The first kappa shape index (κ1) is 26.1. The Kier molecular flexibility index (Phi) is 9.64. The zero-order chi connectivity index (χ0) is 24.5. The molecule has 180 valence electrons. The van der Waals surface area contributed by atoms with Gasteiger partial charge in [-0.15, -0.1) is 0 Å². The van der Waals surface area contributed by atoms with Crippen molar-refractivity contribution in [3.8, 4) is 5.75 Å². The van der Waals surface area contributed by atoms with E-state index >= 15 is 0 Å². The van der Waals surface area contributed by atoms with Gasteiger partial charge in [-0.25, -0.2) is 9.69 Å². The van der Waals surface area contributed by atoms with Gasteiger partial charge in [-0.1, -0.05) is 15.9 Å². The highest BCUT2D eigenvalue weighted by Crippen LogP contribution is 2.23. The molecule has 0 saturated carbocycles. The van der Waals surface area contributed by atoms with Crippen LogP contribution in [0.4, 0.5) is 4.79 Å². The van der Waals surface area contributed by atoms with Gasteiger partial charge in [0.15, 0.2) is 18.8 Å². The normalized spacial score (nSPS) is 16.9. The quantitative estimate of drug-likeness (QED) is 0.327. The number of esters is 3. The Hall–Kier alpha value is -3.15. The van der Waals surface area contributed by atoms with Gasteiger partial charge in [0.25, 0.3) is 5.91 Å². The van der Waals surface area contributed by atoms with Crippen LogP contribution in [0.3, 0.4) is 0 Å². The molecule has 1 saturated heterocycles. The van der Waals surface area contributed by atoms with Crippen molar-refractivity contribution in [1.29, 1.82) is 0 Å². The van der Waals surface area contributed by atoms with E-state index in [4.69, 9.17) is 23.7 Å². The van der Waals surface area contributed by atoms with Gasteiger partial charge in [-0.2, -0.15) is 0 Å². The summed E-state index contributed by atoms with van der Waals surface area (Å²) in [5.41, 5.74) is 0. The van der Waals surface area contributed by atoms with Crippen LogP contribution in [0.2, 0.25) is 0 Å². The summed E-state index contributed by atoms with van der Waals surface area (Å²) in [5, 5.41) is 0. The number of ether oxygens (including phenoxy) is 5. The maximum absolute atomic E-state index is 12.5. The number of imide groups is 1. The molecule has 1 aliphatic rings. The number of benzene rings is 1. The van der Waals surface area contributed by atoms with Crippen molar-refractivity contribution < 1.29 is 47.7 Å². The van der Waals surface area contributed by atoms with Gasteiger partial charge in [0.2, 0.25) is 0 Å². The predicted octanol–water partition coefficient (Wildman–Crippen LogP) is 1.99. The van der Waals surface area contributed by atoms with E-state index in [0.717, 1.165) is 23.2 Å². The molecule has 1 heterocycles. The smallest absolute Gasteiger partial charge is 0.417 e. The summed E-state index contributed by atoms with van der Waals surface area (Å²) in [4.78, 5) is 60.0. The van der Waals surface area contributed by atoms with Crippen LogP contribution in [0.5, 0.6) is 5.75 Å². The summed E-state index contributed by atoms with van der Waals surface area (Å²) in [5.74, 6) is -2.19. The van der Waals surface area contributed by atoms with E-state index in [-0.39, 0.29) is 19.6 Å². The number of hydrogen-bond acceptors (Lipinski definition) is 10. The van der Waals surface area contributed by atoms with Crippen LogP contribution in [0.15, 0.2) is 28.7 Å². The van der Waals surface area contributed by atoms with Gasteiger partial charge in [-0.3, -0.25) is 19.2 Å².